The van der Waals surface area contributed by atoms with Crippen molar-refractivity contribution >= 4 is 28.9 Å². The van der Waals surface area contributed by atoms with Crippen molar-refractivity contribution in [2.24, 2.45) is 0 Å². The highest BCUT2D eigenvalue weighted by Gasteiger charge is 2.35. The van der Waals surface area contributed by atoms with Crippen molar-refractivity contribution < 1.29 is 9.18 Å². The molecule has 31 heavy (non-hydrogen) atoms. The smallest absolute Gasteiger partial charge is 0.255 e. The largest absolute Gasteiger partial charge is 0.328 e. The second-order valence-corrected chi connectivity index (χ2v) is 8.09. The first-order chi connectivity index (χ1) is 15.1. The summed E-state index contributed by atoms with van der Waals surface area (Å²) < 4.78 is 15.1. The van der Waals surface area contributed by atoms with E-state index in [-0.39, 0.29) is 11.7 Å². The third-order valence-corrected chi connectivity index (χ3v) is 5.97. The third-order valence-electron chi connectivity index (χ3n) is 5.04. The second kappa shape index (κ2) is 7.81. The Balaban J connectivity index is 1.57. The molecule has 4 aromatic rings. The van der Waals surface area contributed by atoms with E-state index in [4.69, 9.17) is 0 Å². The van der Waals surface area contributed by atoms with Gasteiger partial charge in [0, 0.05) is 21.8 Å². The Morgan fingerprint density at radius 1 is 1.10 bits per heavy atom. The second-order valence-electron chi connectivity index (χ2n) is 7.11. The molecule has 1 unspecified atom stereocenters. The summed E-state index contributed by atoms with van der Waals surface area (Å²) in [5.41, 5.74) is 2.68. The number of para-hydroxylation sites is 1. The Kier molecular flexibility index (Phi) is 4.83. The van der Waals surface area contributed by atoms with Gasteiger partial charge >= 0.3 is 0 Å². The molecule has 1 aliphatic rings. The maximum Gasteiger partial charge on any atom is 0.255 e. The number of allylic oxidation sites excluding steroid dienone is 1. The van der Waals surface area contributed by atoms with Gasteiger partial charge in [-0.3, -0.25) is 4.79 Å². The lowest BCUT2D eigenvalue weighted by Gasteiger charge is -2.27. The molecule has 0 saturated heterocycles. The molecular formula is C23H18FN5OS. The van der Waals surface area contributed by atoms with Gasteiger partial charge in [0.25, 0.3) is 5.91 Å². The molecule has 8 heteroatoms. The van der Waals surface area contributed by atoms with E-state index in [1.807, 2.05) is 54.8 Å². The van der Waals surface area contributed by atoms with Crippen molar-refractivity contribution in [3.8, 4) is 11.4 Å². The standard InChI is InChI=1S/C23H18FN5OS/c1-14-19(22(30)26-17-6-3-2-4-7-17)20(18-8-5-13-31-18)29-23(25-14)27-21(28-29)15-9-11-16(24)12-10-15/h2-13,20H,1H3,(H,26,30)(H,25,27,28). The van der Waals surface area contributed by atoms with E-state index in [0.717, 1.165) is 4.88 Å². The monoisotopic (exact) mass is 431 g/mol. The molecule has 3 heterocycles. The van der Waals surface area contributed by atoms with Crippen molar-refractivity contribution in [1.82, 2.24) is 14.8 Å². The van der Waals surface area contributed by atoms with Gasteiger partial charge in [0.2, 0.25) is 5.95 Å². The zero-order valence-corrected chi connectivity index (χ0v) is 17.4. The first kappa shape index (κ1) is 19.2. The molecule has 1 amide bonds. The summed E-state index contributed by atoms with van der Waals surface area (Å²) in [4.78, 5) is 18.9. The fraction of sp³-hybridized carbons (Fsp3) is 0.0870. The summed E-state index contributed by atoms with van der Waals surface area (Å²) in [6.07, 6.45) is 0. The van der Waals surface area contributed by atoms with Crippen LogP contribution >= 0.6 is 11.3 Å². The molecule has 1 aliphatic heterocycles. The Morgan fingerprint density at radius 2 is 1.87 bits per heavy atom. The molecule has 5 rings (SSSR count). The highest BCUT2D eigenvalue weighted by molar-refractivity contribution is 7.10. The number of benzene rings is 2. The van der Waals surface area contributed by atoms with Crippen LogP contribution in [0.2, 0.25) is 0 Å². The van der Waals surface area contributed by atoms with E-state index >= 15 is 0 Å². The maximum absolute atomic E-state index is 13.3. The number of carbonyl (C=O) groups excluding carboxylic acids is 1. The molecule has 0 saturated carbocycles. The minimum Gasteiger partial charge on any atom is -0.328 e. The van der Waals surface area contributed by atoms with Crippen LogP contribution in [0.1, 0.15) is 17.8 Å². The van der Waals surface area contributed by atoms with Crippen molar-refractivity contribution in [2.75, 3.05) is 10.6 Å². The number of fused-ring (bicyclic) bond motifs is 1. The minimum atomic E-state index is -0.429. The van der Waals surface area contributed by atoms with Crippen LogP contribution in [0.3, 0.4) is 0 Å². The fourth-order valence-corrected chi connectivity index (χ4v) is 4.41. The van der Waals surface area contributed by atoms with Crippen molar-refractivity contribution in [2.45, 2.75) is 13.0 Å². The fourth-order valence-electron chi connectivity index (χ4n) is 3.60. The lowest BCUT2D eigenvalue weighted by atomic mass is 10.0. The van der Waals surface area contributed by atoms with Gasteiger partial charge < -0.3 is 10.6 Å². The maximum atomic E-state index is 13.3. The lowest BCUT2D eigenvalue weighted by Crippen LogP contribution is -2.31. The molecule has 2 aromatic carbocycles. The Morgan fingerprint density at radius 3 is 2.58 bits per heavy atom. The highest BCUT2D eigenvalue weighted by atomic mass is 32.1. The molecule has 1 atom stereocenters. The number of nitrogens with one attached hydrogen (secondary N) is 2. The van der Waals surface area contributed by atoms with E-state index in [9.17, 15) is 9.18 Å². The number of thiophene rings is 1. The van der Waals surface area contributed by atoms with Gasteiger partial charge in [-0.15, -0.1) is 16.4 Å². The normalized spacial score (nSPS) is 15.4. The van der Waals surface area contributed by atoms with Crippen molar-refractivity contribution in [1.29, 1.82) is 0 Å². The summed E-state index contributed by atoms with van der Waals surface area (Å²) >= 11 is 1.55. The Hall–Kier alpha value is -3.78. The number of rotatable bonds is 4. The molecule has 2 aromatic heterocycles. The molecule has 0 bridgehead atoms. The number of amides is 1. The number of hydrogen-bond acceptors (Lipinski definition) is 5. The zero-order chi connectivity index (χ0) is 21.4. The van der Waals surface area contributed by atoms with E-state index < -0.39 is 6.04 Å². The SMILES string of the molecule is CC1=C(C(=O)Nc2ccccc2)C(c2cccs2)n2nc(-c3ccc(F)cc3)nc2N1. The minimum absolute atomic E-state index is 0.209. The number of carbonyl (C=O) groups is 1. The average Bonchev–Trinajstić information content (AvgIpc) is 3.44. The quantitative estimate of drug-likeness (QED) is 0.473. The van der Waals surface area contributed by atoms with Gasteiger partial charge in [0.15, 0.2) is 5.82 Å². The van der Waals surface area contributed by atoms with Gasteiger partial charge in [-0.1, -0.05) is 24.3 Å². The number of hydrogen-bond donors (Lipinski definition) is 2. The Bertz CT molecular complexity index is 1260. The highest BCUT2D eigenvalue weighted by Crippen LogP contribution is 2.38. The number of nitrogens with zero attached hydrogens (tertiary/aromatic N) is 3. The van der Waals surface area contributed by atoms with Crippen LogP contribution in [-0.4, -0.2) is 20.7 Å². The van der Waals surface area contributed by atoms with Crippen LogP contribution in [0.25, 0.3) is 11.4 Å². The van der Waals surface area contributed by atoms with Crippen LogP contribution in [0.15, 0.2) is 83.4 Å². The van der Waals surface area contributed by atoms with Crippen molar-refractivity contribution in [3.05, 3.63) is 94.1 Å². The molecule has 0 spiro atoms. The molecule has 0 radical (unpaired) electrons. The van der Waals surface area contributed by atoms with Crippen LogP contribution in [0.4, 0.5) is 16.0 Å². The summed E-state index contributed by atoms with van der Waals surface area (Å²) in [5, 5.41) is 12.8. The predicted molar refractivity (Wildman–Crippen MR) is 119 cm³/mol. The summed E-state index contributed by atoms with van der Waals surface area (Å²) in [5.74, 6) is 0.465. The Labute approximate surface area is 182 Å². The first-order valence-electron chi connectivity index (χ1n) is 9.70. The van der Waals surface area contributed by atoms with Gasteiger partial charge in [-0.25, -0.2) is 9.07 Å². The molecule has 6 nitrogen and oxygen atoms in total. The van der Waals surface area contributed by atoms with Gasteiger partial charge in [-0.2, -0.15) is 4.98 Å². The average molecular weight is 431 g/mol. The predicted octanol–water partition coefficient (Wildman–Crippen LogP) is 5.07. The van der Waals surface area contributed by atoms with Gasteiger partial charge in [-0.05, 0) is 54.8 Å². The number of anilines is 2. The van der Waals surface area contributed by atoms with Gasteiger partial charge in [0.1, 0.15) is 11.9 Å². The molecule has 0 fully saturated rings. The van der Waals surface area contributed by atoms with Crippen LogP contribution in [-0.2, 0) is 4.79 Å². The van der Waals surface area contributed by atoms with Crippen LogP contribution < -0.4 is 10.6 Å². The summed E-state index contributed by atoms with van der Waals surface area (Å²) in [6, 6.07) is 18.9. The summed E-state index contributed by atoms with van der Waals surface area (Å²) in [7, 11) is 0. The zero-order valence-electron chi connectivity index (χ0n) is 16.5. The molecule has 0 aliphatic carbocycles. The molecule has 154 valence electrons. The van der Waals surface area contributed by atoms with Gasteiger partial charge in [0.05, 0.1) is 5.57 Å². The topological polar surface area (TPSA) is 71.8 Å². The lowest BCUT2D eigenvalue weighted by molar-refractivity contribution is -0.113. The van der Waals surface area contributed by atoms with E-state index in [0.29, 0.717) is 34.3 Å². The number of halogens is 1. The third kappa shape index (κ3) is 3.62. The summed E-state index contributed by atoms with van der Waals surface area (Å²) in [6.45, 7) is 1.86. The molecule has 2 N–H and O–H groups in total. The van der Waals surface area contributed by atoms with Crippen LogP contribution in [0, 0.1) is 5.82 Å². The van der Waals surface area contributed by atoms with E-state index in [1.54, 1.807) is 28.2 Å². The van der Waals surface area contributed by atoms with E-state index in [1.165, 1.54) is 12.1 Å². The van der Waals surface area contributed by atoms with Crippen LogP contribution in [0.5, 0.6) is 0 Å². The van der Waals surface area contributed by atoms with Crippen molar-refractivity contribution in [3.63, 3.8) is 0 Å². The first-order valence-corrected chi connectivity index (χ1v) is 10.6. The molecular weight excluding hydrogens is 413 g/mol. The van der Waals surface area contributed by atoms with E-state index in [2.05, 4.69) is 20.7 Å². The number of aromatic nitrogens is 3.